The summed E-state index contributed by atoms with van der Waals surface area (Å²) in [5, 5.41) is 0. The first kappa shape index (κ1) is 23.5. The summed E-state index contributed by atoms with van der Waals surface area (Å²) < 4.78 is 55.4. The third kappa shape index (κ3) is 6.68. The highest BCUT2D eigenvalue weighted by Gasteiger charge is 2.40. The van der Waals surface area contributed by atoms with Crippen LogP contribution in [0.4, 0.5) is 17.6 Å². The van der Waals surface area contributed by atoms with Gasteiger partial charge in [0.05, 0.1) is 5.92 Å². The number of aryl methyl sites for hydroxylation is 1. The maximum atomic E-state index is 14.6. The molecule has 3 rings (SSSR count). The van der Waals surface area contributed by atoms with Gasteiger partial charge in [0.15, 0.2) is 0 Å². The Morgan fingerprint density at radius 2 is 1.50 bits per heavy atom. The number of hydrogen-bond donors (Lipinski definition) is 0. The molecule has 0 spiro atoms. The summed E-state index contributed by atoms with van der Waals surface area (Å²) in [5.74, 6) is -2.37. The molecule has 0 aromatic heterocycles. The Morgan fingerprint density at radius 1 is 0.844 bits per heavy atom. The maximum Gasteiger partial charge on any atom is 0.396 e. The van der Waals surface area contributed by atoms with Crippen LogP contribution in [0.3, 0.4) is 0 Å². The van der Waals surface area contributed by atoms with E-state index in [0.717, 1.165) is 18.4 Å². The van der Waals surface area contributed by atoms with Crippen LogP contribution < -0.4 is 0 Å². The molecular weight excluding hydrogens is 412 g/mol. The molecule has 1 atom stereocenters. The summed E-state index contributed by atoms with van der Waals surface area (Å²) in [6, 6.07) is 20.2. The molecule has 0 heterocycles. The average molecular weight is 439 g/mol. The Labute approximate surface area is 186 Å². The second-order valence-electron chi connectivity index (χ2n) is 7.74. The van der Waals surface area contributed by atoms with Crippen LogP contribution in [0, 0.1) is 5.82 Å². The highest BCUT2D eigenvalue weighted by molar-refractivity contribution is 5.69. The van der Waals surface area contributed by atoms with Gasteiger partial charge in [-0.15, -0.1) is 0 Å². The zero-order valence-corrected chi connectivity index (χ0v) is 17.9. The maximum absolute atomic E-state index is 14.6. The third-order valence-corrected chi connectivity index (χ3v) is 5.38. The van der Waals surface area contributed by atoms with Crippen molar-refractivity contribution in [2.75, 3.05) is 0 Å². The molecule has 0 bridgehead atoms. The van der Waals surface area contributed by atoms with Gasteiger partial charge >= 0.3 is 6.18 Å². The van der Waals surface area contributed by atoms with Crippen LogP contribution in [-0.4, -0.2) is 6.18 Å². The van der Waals surface area contributed by atoms with Gasteiger partial charge in [0, 0.05) is 0 Å². The highest BCUT2D eigenvalue weighted by Crippen LogP contribution is 2.37. The van der Waals surface area contributed by atoms with E-state index in [-0.39, 0.29) is 11.1 Å². The van der Waals surface area contributed by atoms with Crippen molar-refractivity contribution in [2.24, 2.45) is 0 Å². The molecule has 0 nitrogen and oxygen atoms in total. The molecule has 0 fully saturated rings. The predicted molar refractivity (Wildman–Crippen MR) is 124 cm³/mol. The van der Waals surface area contributed by atoms with Crippen molar-refractivity contribution in [2.45, 2.75) is 38.3 Å². The van der Waals surface area contributed by atoms with E-state index in [0.29, 0.717) is 5.56 Å². The molecule has 0 N–H and O–H groups in total. The van der Waals surface area contributed by atoms with Crippen molar-refractivity contribution in [3.63, 3.8) is 0 Å². The summed E-state index contributed by atoms with van der Waals surface area (Å²) in [7, 11) is 0. The number of benzene rings is 3. The Hall–Kier alpha value is -3.14. The molecule has 4 heteroatoms. The van der Waals surface area contributed by atoms with Gasteiger partial charge in [0.25, 0.3) is 0 Å². The number of allylic oxidation sites excluding steroid dienone is 2. The van der Waals surface area contributed by atoms with Crippen molar-refractivity contribution >= 4 is 12.2 Å². The summed E-state index contributed by atoms with van der Waals surface area (Å²) in [4.78, 5) is 0. The summed E-state index contributed by atoms with van der Waals surface area (Å²) in [6.07, 6.45) is 4.88. The van der Waals surface area contributed by atoms with Crippen molar-refractivity contribution in [3.05, 3.63) is 119 Å². The smallest absolute Gasteiger partial charge is 0.207 e. The fraction of sp³-hybridized carbons (Fsp3) is 0.214. The zero-order valence-electron chi connectivity index (χ0n) is 17.9. The molecule has 3 aromatic rings. The lowest BCUT2D eigenvalue weighted by atomic mass is 9.91. The standard InChI is InChI=1S/C28H26F4/c1-2-3-5-8-21-11-13-22(14-12-21)15-16-23-17-18-25(27(29)19-23)20-26(28(30,31)32)24-9-6-4-7-10-24/h2-4,6-7,9-19,26H,5,8,20H2,1H3/b3-2+,16-15?/t26-/m0/s1. The molecule has 0 aliphatic carbocycles. The molecule has 0 aliphatic rings. The minimum atomic E-state index is -4.45. The van der Waals surface area contributed by atoms with Gasteiger partial charge in [-0.05, 0) is 60.1 Å². The lowest BCUT2D eigenvalue weighted by molar-refractivity contribution is -0.150. The molecule has 0 radical (unpaired) electrons. The highest BCUT2D eigenvalue weighted by atomic mass is 19.4. The molecule has 166 valence electrons. The fourth-order valence-corrected chi connectivity index (χ4v) is 3.57. The van der Waals surface area contributed by atoms with E-state index in [1.807, 2.05) is 31.2 Å². The summed E-state index contributed by atoms with van der Waals surface area (Å²) in [6.45, 7) is 2.00. The first-order valence-electron chi connectivity index (χ1n) is 10.6. The van der Waals surface area contributed by atoms with Gasteiger partial charge in [0.1, 0.15) is 5.82 Å². The van der Waals surface area contributed by atoms with E-state index in [2.05, 4.69) is 18.2 Å². The van der Waals surface area contributed by atoms with E-state index >= 15 is 0 Å². The van der Waals surface area contributed by atoms with Crippen LogP contribution in [0.5, 0.6) is 0 Å². The Bertz CT molecular complexity index is 1050. The minimum absolute atomic E-state index is 0.0545. The van der Waals surface area contributed by atoms with Gasteiger partial charge in [-0.1, -0.05) is 91.0 Å². The van der Waals surface area contributed by atoms with E-state index in [1.54, 1.807) is 30.3 Å². The van der Waals surface area contributed by atoms with Crippen LogP contribution in [-0.2, 0) is 12.8 Å². The van der Waals surface area contributed by atoms with Crippen LogP contribution >= 0.6 is 0 Å². The van der Waals surface area contributed by atoms with Crippen molar-refractivity contribution in [3.8, 4) is 0 Å². The quantitative estimate of drug-likeness (QED) is 0.188. The minimum Gasteiger partial charge on any atom is -0.207 e. The number of hydrogen-bond acceptors (Lipinski definition) is 0. The zero-order chi connectivity index (χ0) is 23.0. The number of rotatable bonds is 8. The summed E-state index contributed by atoms with van der Waals surface area (Å²) in [5.41, 5.74) is 3.02. The lowest BCUT2D eigenvalue weighted by Gasteiger charge is -2.21. The van der Waals surface area contributed by atoms with E-state index in [9.17, 15) is 17.6 Å². The second kappa shape index (κ2) is 10.9. The molecule has 0 unspecified atom stereocenters. The van der Waals surface area contributed by atoms with Gasteiger partial charge < -0.3 is 0 Å². The summed E-state index contributed by atoms with van der Waals surface area (Å²) >= 11 is 0. The van der Waals surface area contributed by atoms with Crippen LogP contribution in [0.2, 0.25) is 0 Å². The molecular formula is C28H26F4. The number of alkyl halides is 3. The van der Waals surface area contributed by atoms with Crippen LogP contribution in [0.25, 0.3) is 12.2 Å². The largest absolute Gasteiger partial charge is 0.396 e. The molecule has 0 saturated carbocycles. The van der Waals surface area contributed by atoms with Crippen molar-refractivity contribution in [1.82, 2.24) is 0 Å². The lowest BCUT2D eigenvalue weighted by Crippen LogP contribution is -2.23. The van der Waals surface area contributed by atoms with Crippen LogP contribution in [0.1, 0.15) is 47.1 Å². The van der Waals surface area contributed by atoms with Crippen LogP contribution in [0.15, 0.2) is 84.9 Å². The van der Waals surface area contributed by atoms with E-state index in [1.165, 1.54) is 29.8 Å². The Morgan fingerprint density at radius 3 is 2.12 bits per heavy atom. The topological polar surface area (TPSA) is 0 Å². The van der Waals surface area contributed by atoms with Gasteiger partial charge in [0.2, 0.25) is 0 Å². The van der Waals surface area contributed by atoms with Gasteiger partial charge in [-0.2, -0.15) is 13.2 Å². The Balaban J connectivity index is 1.70. The molecule has 3 aromatic carbocycles. The molecule has 32 heavy (non-hydrogen) atoms. The molecule has 0 aliphatic heterocycles. The number of halogens is 4. The normalized spacial score (nSPS) is 13.2. The van der Waals surface area contributed by atoms with Crippen molar-refractivity contribution < 1.29 is 17.6 Å². The predicted octanol–water partition coefficient (Wildman–Crippen LogP) is 8.39. The fourth-order valence-electron chi connectivity index (χ4n) is 3.57. The SMILES string of the molecule is C/C=C/CCc1ccc(C=Cc2ccc(C[C@@H](c3ccccc3)C(F)(F)F)c(F)c2)cc1. The van der Waals surface area contributed by atoms with Crippen molar-refractivity contribution in [1.29, 1.82) is 0 Å². The monoisotopic (exact) mass is 438 g/mol. The third-order valence-electron chi connectivity index (χ3n) is 5.38. The second-order valence-corrected chi connectivity index (χ2v) is 7.74. The first-order valence-corrected chi connectivity index (χ1v) is 10.6. The first-order chi connectivity index (χ1) is 15.4. The van der Waals surface area contributed by atoms with E-state index < -0.39 is 24.3 Å². The van der Waals surface area contributed by atoms with Gasteiger partial charge in [-0.25, -0.2) is 4.39 Å². The average Bonchev–Trinajstić information content (AvgIpc) is 2.78. The Kier molecular flexibility index (Phi) is 8.04. The van der Waals surface area contributed by atoms with Gasteiger partial charge in [-0.3, -0.25) is 0 Å². The molecule has 0 saturated heterocycles. The molecule has 0 amide bonds. The van der Waals surface area contributed by atoms with E-state index in [4.69, 9.17) is 0 Å².